The van der Waals surface area contributed by atoms with Gasteiger partial charge in [-0.05, 0) is 6.07 Å². The van der Waals surface area contributed by atoms with E-state index >= 15 is 0 Å². The van der Waals surface area contributed by atoms with Crippen LogP contribution in [0.5, 0.6) is 0 Å². The van der Waals surface area contributed by atoms with Crippen molar-refractivity contribution >= 4 is 5.91 Å². The highest BCUT2D eigenvalue weighted by molar-refractivity contribution is 5.93. The summed E-state index contributed by atoms with van der Waals surface area (Å²) in [5, 5.41) is 9.24. The van der Waals surface area contributed by atoms with Gasteiger partial charge in [0.2, 0.25) is 0 Å². The lowest BCUT2D eigenvalue weighted by Crippen LogP contribution is -2.46. The van der Waals surface area contributed by atoms with Gasteiger partial charge in [0.25, 0.3) is 5.91 Å². The second-order valence-electron chi connectivity index (χ2n) is 4.16. The van der Waals surface area contributed by atoms with Gasteiger partial charge in [0.1, 0.15) is 12.0 Å². The SMILES string of the molecule is NNC(=O)c1coc(CN2CCOCC2CO)c1. The molecule has 1 aliphatic rings. The van der Waals surface area contributed by atoms with Crippen molar-refractivity contribution in [3.05, 3.63) is 23.7 Å². The van der Waals surface area contributed by atoms with Crippen molar-refractivity contribution in [1.82, 2.24) is 10.3 Å². The molecule has 0 aliphatic carbocycles. The van der Waals surface area contributed by atoms with Crippen molar-refractivity contribution in [2.45, 2.75) is 12.6 Å². The standard InChI is InChI=1S/C11H17N3O4/c12-13-11(16)8-3-10(18-6-8)4-14-1-2-17-7-9(14)5-15/h3,6,9,15H,1-2,4-5,7,12H2,(H,13,16). The molecule has 1 aliphatic heterocycles. The first-order valence-electron chi connectivity index (χ1n) is 5.75. The van der Waals surface area contributed by atoms with Crippen molar-refractivity contribution in [2.24, 2.45) is 5.84 Å². The molecule has 1 aromatic rings. The highest BCUT2D eigenvalue weighted by Gasteiger charge is 2.23. The van der Waals surface area contributed by atoms with Gasteiger partial charge < -0.3 is 14.3 Å². The zero-order valence-electron chi connectivity index (χ0n) is 9.96. The Morgan fingerprint density at radius 2 is 2.50 bits per heavy atom. The van der Waals surface area contributed by atoms with Gasteiger partial charge in [-0.1, -0.05) is 0 Å². The molecule has 18 heavy (non-hydrogen) atoms. The van der Waals surface area contributed by atoms with Crippen molar-refractivity contribution in [1.29, 1.82) is 0 Å². The minimum atomic E-state index is -0.384. The largest absolute Gasteiger partial charge is 0.467 e. The molecule has 0 radical (unpaired) electrons. The van der Waals surface area contributed by atoms with Crippen molar-refractivity contribution in [3.8, 4) is 0 Å². The number of nitrogens with one attached hydrogen (secondary N) is 1. The van der Waals surface area contributed by atoms with E-state index < -0.39 is 0 Å². The highest BCUT2D eigenvalue weighted by Crippen LogP contribution is 2.14. The Balaban J connectivity index is 1.99. The second-order valence-corrected chi connectivity index (χ2v) is 4.16. The quantitative estimate of drug-likeness (QED) is 0.365. The maximum Gasteiger partial charge on any atom is 0.268 e. The zero-order chi connectivity index (χ0) is 13.0. The number of hydrogen-bond acceptors (Lipinski definition) is 6. The number of ether oxygens (including phenoxy) is 1. The molecule has 1 saturated heterocycles. The van der Waals surface area contributed by atoms with E-state index in [0.29, 0.717) is 31.1 Å². The van der Waals surface area contributed by atoms with E-state index in [2.05, 4.69) is 4.90 Å². The van der Waals surface area contributed by atoms with Crippen molar-refractivity contribution < 1.29 is 19.1 Å². The Labute approximate surface area is 104 Å². The molecular weight excluding hydrogens is 238 g/mol. The lowest BCUT2D eigenvalue weighted by atomic mass is 10.2. The fourth-order valence-corrected chi connectivity index (χ4v) is 1.93. The molecule has 7 heteroatoms. The number of amides is 1. The van der Waals surface area contributed by atoms with Crippen LogP contribution in [-0.4, -0.2) is 48.3 Å². The predicted octanol–water partition coefficient (Wildman–Crippen LogP) is -0.924. The fraction of sp³-hybridized carbons (Fsp3) is 0.545. The molecule has 7 nitrogen and oxygen atoms in total. The highest BCUT2D eigenvalue weighted by atomic mass is 16.5. The Hall–Kier alpha value is -1.41. The van der Waals surface area contributed by atoms with Crippen LogP contribution >= 0.6 is 0 Å². The summed E-state index contributed by atoms with van der Waals surface area (Å²) < 4.78 is 10.6. The first kappa shape index (κ1) is 13.0. The first-order valence-corrected chi connectivity index (χ1v) is 5.75. The number of carbonyl (C=O) groups is 1. The van der Waals surface area contributed by atoms with Gasteiger partial charge in [-0.2, -0.15) is 0 Å². The van der Waals surface area contributed by atoms with E-state index in [1.807, 2.05) is 5.43 Å². The van der Waals surface area contributed by atoms with Gasteiger partial charge in [-0.3, -0.25) is 15.1 Å². The van der Waals surface area contributed by atoms with Gasteiger partial charge in [-0.15, -0.1) is 0 Å². The van der Waals surface area contributed by atoms with Crippen LogP contribution in [0.15, 0.2) is 16.7 Å². The van der Waals surface area contributed by atoms with Crippen molar-refractivity contribution in [2.75, 3.05) is 26.4 Å². The van der Waals surface area contributed by atoms with Crippen molar-refractivity contribution in [3.63, 3.8) is 0 Å². The Bertz CT molecular complexity index is 407. The summed E-state index contributed by atoms with van der Waals surface area (Å²) in [5.74, 6) is 5.32. The average Bonchev–Trinajstić information content (AvgIpc) is 2.87. The lowest BCUT2D eigenvalue weighted by molar-refractivity contribution is -0.0336. The van der Waals surface area contributed by atoms with E-state index in [1.165, 1.54) is 6.26 Å². The topological polar surface area (TPSA) is 101 Å². The molecule has 1 fully saturated rings. The number of aliphatic hydroxyl groups is 1. The van der Waals surface area contributed by atoms with Crippen LogP contribution in [-0.2, 0) is 11.3 Å². The molecular formula is C11H17N3O4. The lowest BCUT2D eigenvalue weighted by Gasteiger charge is -2.33. The van der Waals surface area contributed by atoms with Crippen LogP contribution in [0, 0.1) is 0 Å². The number of furan rings is 1. The molecule has 100 valence electrons. The third-order valence-electron chi connectivity index (χ3n) is 2.97. The fourth-order valence-electron chi connectivity index (χ4n) is 1.93. The van der Waals surface area contributed by atoms with Gasteiger partial charge in [0.15, 0.2) is 0 Å². The summed E-state index contributed by atoms with van der Waals surface area (Å²) in [7, 11) is 0. The number of aliphatic hydroxyl groups excluding tert-OH is 1. The number of rotatable bonds is 4. The molecule has 1 aromatic heterocycles. The van der Waals surface area contributed by atoms with Crippen LogP contribution in [0.3, 0.4) is 0 Å². The predicted molar refractivity (Wildman–Crippen MR) is 62.5 cm³/mol. The molecule has 2 rings (SSSR count). The monoisotopic (exact) mass is 255 g/mol. The average molecular weight is 255 g/mol. The van der Waals surface area contributed by atoms with Crippen LogP contribution in [0.4, 0.5) is 0 Å². The second kappa shape index (κ2) is 5.96. The Kier molecular flexibility index (Phi) is 4.32. The first-order chi connectivity index (χ1) is 8.74. The molecule has 0 bridgehead atoms. The number of morpholine rings is 1. The third kappa shape index (κ3) is 2.88. The van der Waals surface area contributed by atoms with E-state index in [0.717, 1.165) is 6.54 Å². The maximum absolute atomic E-state index is 11.3. The third-order valence-corrected chi connectivity index (χ3v) is 2.97. The Morgan fingerprint density at radius 1 is 1.67 bits per heavy atom. The van der Waals surface area contributed by atoms with Gasteiger partial charge in [0.05, 0.1) is 38.0 Å². The molecule has 4 N–H and O–H groups in total. The number of hydrogen-bond donors (Lipinski definition) is 3. The number of hydrazine groups is 1. The number of nitrogen functional groups attached to an aromatic ring is 1. The number of nitrogens with zero attached hydrogens (tertiary/aromatic N) is 1. The molecule has 2 heterocycles. The molecule has 0 saturated carbocycles. The molecule has 1 amide bonds. The van der Waals surface area contributed by atoms with E-state index in [4.69, 9.17) is 15.0 Å². The smallest absolute Gasteiger partial charge is 0.268 e. The van der Waals surface area contributed by atoms with Gasteiger partial charge in [0, 0.05) is 6.54 Å². The van der Waals surface area contributed by atoms with Crippen LogP contribution in [0.25, 0.3) is 0 Å². The molecule has 0 aromatic carbocycles. The van der Waals surface area contributed by atoms with Gasteiger partial charge >= 0.3 is 0 Å². The summed E-state index contributed by atoms with van der Waals surface area (Å²) in [6, 6.07) is 1.61. The van der Waals surface area contributed by atoms with E-state index in [-0.39, 0.29) is 18.6 Å². The molecule has 1 unspecified atom stereocenters. The summed E-state index contributed by atoms with van der Waals surface area (Å²) in [6.45, 7) is 2.44. The molecule has 0 spiro atoms. The number of nitrogens with two attached hydrogens (primary N) is 1. The minimum Gasteiger partial charge on any atom is -0.467 e. The normalized spacial score (nSPS) is 20.9. The van der Waals surface area contributed by atoms with Crippen LogP contribution in [0.2, 0.25) is 0 Å². The van der Waals surface area contributed by atoms with Crippen LogP contribution in [0.1, 0.15) is 16.1 Å². The summed E-state index contributed by atoms with van der Waals surface area (Å²) in [6.07, 6.45) is 1.37. The van der Waals surface area contributed by atoms with Crippen LogP contribution < -0.4 is 11.3 Å². The summed E-state index contributed by atoms with van der Waals surface area (Å²) >= 11 is 0. The van der Waals surface area contributed by atoms with E-state index in [1.54, 1.807) is 6.07 Å². The zero-order valence-corrected chi connectivity index (χ0v) is 9.96. The number of carbonyl (C=O) groups excluding carboxylic acids is 1. The van der Waals surface area contributed by atoms with Gasteiger partial charge in [-0.25, -0.2) is 5.84 Å². The maximum atomic E-state index is 11.3. The molecule has 1 atom stereocenters. The van der Waals surface area contributed by atoms with E-state index in [9.17, 15) is 9.90 Å². The summed E-state index contributed by atoms with van der Waals surface area (Å²) in [5.41, 5.74) is 2.44. The summed E-state index contributed by atoms with van der Waals surface area (Å²) in [4.78, 5) is 13.3. The Morgan fingerprint density at radius 3 is 3.22 bits per heavy atom. The minimum absolute atomic E-state index is 0.0318.